The molecular weight excluding hydrogens is 230 g/mol. The number of nitrogens with zero attached hydrogens (tertiary/aromatic N) is 1. The Kier molecular flexibility index (Phi) is 5.91. The second-order valence-electron chi connectivity index (χ2n) is 4.32. The first-order chi connectivity index (χ1) is 8.63. The van der Waals surface area contributed by atoms with E-state index in [9.17, 15) is 10.1 Å². The topological polar surface area (TPSA) is 52.4 Å². The van der Waals surface area contributed by atoms with Crippen molar-refractivity contribution >= 4 is 0 Å². The molecule has 0 N–H and O–H groups in total. The first-order valence-electron chi connectivity index (χ1n) is 6.14. The Morgan fingerprint density at radius 3 is 2.67 bits per heavy atom. The van der Waals surface area contributed by atoms with E-state index in [-0.39, 0.29) is 12.5 Å². The minimum absolute atomic E-state index is 0.154. The predicted octanol–water partition coefficient (Wildman–Crippen LogP) is 3.76. The van der Waals surface area contributed by atoms with E-state index in [0.29, 0.717) is 12.3 Å². The monoisotopic (exact) mass is 249 g/mol. The van der Waals surface area contributed by atoms with Crippen LogP contribution in [0.3, 0.4) is 0 Å². The molecule has 1 atom stereocenters. The highest BCUT2D eigenvalue weighted by Gasteiger charge is 2.12. The van der Waals surface area contributed by atoms with Crippen LogP contribution >= 0.6 is 0 Å². The van der Waals surface area contributed by atoms with Crippen LogP contribution in [0, 0.1) is 16.0 Å². The Hall–Kier alpha value is -1.84. The minimum atomic E-state index is -0.467. The van der Waals surface area contributed by atoms with Gasteiger partial charge in [0.15, 0.2) is 0 Å². The lowest BCUT2D eigenvalue weighted by Gasteiger charge is -2.05. The van der Waals surface area contributed by atoms with Crippen molar-refractivity contribution in [1.29, 1.82) is 0 Å². The maximum atomic E-state index is 10.8. The number of ether oxygens (including phenoxy) is 1. The molecule has 0 fully saturated rings. The molecule has 0 aliphatic carbocycles. The summed E-state index contributed by atoms with van der Waals surface area (Å²) in [5.41, 5.74) is 0.925. The number of benzene rings is 1. The highest BCUT2D eigenvalue weighted by atomic mass is 16.7. The second-order valence-corrected chi connectivity index (χ2v) is 4.32. The third kappa shape index (κ3) is 4.99. The SMILES string of the molecule is CC[C@H](C)CC=C(OCc1ccccc1)[N+](=O)[O-]. The lowest BCUT2D eigenvalue weighted by Crippen LogP contribution is -2.05. The van der Waals surface area contributed by atoms with Crippen molar-refractivity contribution in [2.75, 3.05) is 0 Å². The van der Waals surface area contributed by atoms with E-state index in [1.165, 1.54) is 0 Å². The lowest BCUT2D eigenvalue weighted by atomic mass is 10.1. The summed E-state index contributed by atoms with van der Waals surface area (Å²) in [4.78, 5) is 10.4. The van der Waals surface area contributed by atoms with Crippen molar-refractivity contribution in [3.05, 3.63) is 58.0 Å². The number of nitro groups is 1. The summed E-state index contributed by atoms with van der Waals surface area (Å²) in [6.45, 7) is 4.36. The third-order valence-electron chi connectivity index (χ3n) is 2.80. The fourth-order valence-electron chi connectivity index (χ4n) is 1.39. The molecule has 0 unspecified atom stereocenters. The van der Waals surface area contributed by atoms with Crippen LogP contribution < -0.4 is 0 Å². The van der Waals surface area contributed by atoms with Crippen molar-refractivity contribution < 1.29 is 9.66 Å². The molecule has 18 heavy (non-hydrogen) atoms. The first kappa shape index (κ1) is 14.2. The Morgan fingerprint density at radius 1 is 1.44 bits per heavy atom. The molecule has 0 spiro atoms. The van der Waals surface area contributed by atoms with Gasteiger partial charge >= 0.3 is 5.88 Å². The van der Waals surface area contributed by atoms with Gasteiger partial charge in [0.25, 0.3) is 0 Å². The van der Waals surface area contributed by atoms with Crippen molar-refractivity contribution in [1.82, 2.24) is 0 Å². The Bertz CT molecular complexity index is 401. The fourth-order valence-corrected chi connectivity index (χ4v) is 1.39. The molecule has 0 heterocycles. The van der Waals surface area contributed by atoms with Crippen LogP contribution in [-0.2, 0) is 11.3 Å². The molecule has 4 nitrogen and oxygen atoms in total. The molecule has 0 bridgehead atoms. The van der Waals surface area contributed by atoms with E-state index in [1.54, 1.807) is 6.08 Å². The highest BCUT2D eigenvalue weighted by molar-refractivity contribution is 5.13. The van der Waals surface area contributed by atoms with E-state index in [4.69, 9.17) is 4.74 Å². The highest BCUT2D eigenvalue weighted by Crippen LogP contribution is 2.12. The smallest absolute Gasteiger partial charge is 0.424 e. The zero-order chi connectivity index (χ0) is 13.4. The van der Waals surface area contributed by atoms with Gasteiger partial charge in [0.2, 0.25) is 0 Å². The maximum Gasteiger partial charge on any atom is 0.424 e. The summed E-state index contributed by atoms with van der Waals surface area (Å²) in [7, 11) is 0. The number of rotatable bonds is 7. The average molecular weight is 249 g/mol. The third-order valence-corrected chi connectivity index (χ3v) is 2.80. The molecule has 0 aliphatic heterocycles. The molecule has 0 amide bonds. The number of hydrogen-bond acceptors (Lipinski definition) is 3. The fraction of sp³-hybridized carbons (Fsp3) is 0.429. The molecule has 0 aliphatic rings. The Balaban J connectivity index is 2.56. The number of hydrogen-bond donors (Lipinski definition) is 0. The largest absolute Gasteiger partial charge is 0.436 e. The molecule has 0 saturated carbocycles. The summed E-state index contributed by atoms with van der Waals surface area (Å²) < 4.78 is 5.25. The van der Waals surface area contributed by atoms with E-state index < -0.39 is 4.92 Å². The van der Waals surface area contributed by atoms with E-state index in [1.807, 2.05) is 30.3 Å². The van der Waals surface area contributed by atoms with E-state index in [2.05, 4.69) is 13.8 Å². The van der Waals surface area contributed by atoms with Gasteiger partial charge in [-0.1, -0.05) is 50.6 Å². The van der Waals surface area contributed by atoms with Crippen LogP contribution in [0.15, 0.2) is 42.3 Å². The average Bonchev–Trinajstić information content (AvgIpc) is 2.39. The summed E-state index contributed by atoms with van der Waals surface area (Å²) in [6.07, 6.45) is 3.24. The van der Waals surface area contributed by atoms with Crippen LogP contribution in [0.25, 0.3) is 0 Å². The number of allylic oxidation sites excluding steroid dienone is 1. The maximum absolute atomic E-state index is 10.8. The molecule has 0 aromatic heterocycles. The van der Waals surface area contributed by atoms with Gasteiger partial charge in [-0.15, -0.1) is 0 Å². The van der Waals surface area contributed by atoms with Crippen molar-refractivity contribution in [3.63, 3.8) is 0 Å². The van der Waals surface area contributed by atoms with Gasteiger partial charge in [0.05, 0.1) is 0 Å². The van der Waals surface area contributed by atoms with Gasteiger partial charge in [0, 0.05) is 6.08 Å². The molecule has 98 valence electrons. The molecule has 4 heteroatoms. The van der Waals surface area contributed by atoms with Gasteiger partial charge in [-0.25, -0.2) is 0 Å². The lowest BCUT2D eigenvalue weighted by molar-refractivity contribution is -0.465. The Labute approximate surface area is 107 Å². The molecule has 0 radical (unpaired) electrons. The summed E-state index contributed by atoms with van der Waals surface area (Å²) in [5.74, 6) is 0.277. The Morgan fingerprint density at radius 2 is 2.11 bits per heavy atom. The van der Waals surface area contributed by atoms with Crippen LogP contribution in [0.4, 0.5) is 0 Å². The molecule has 1 aromatic rings. The normalized spacial score (nSPS) is 13.1. The van der Waals surface area contributed by atoms with Gasteiger partial charge in [0.1, 0.15) is 11.5 Å². The van der Waals surface area contributed by atoms with Crippen LogP contribution in [0.2, 0.25) is 0 Å². The first-order valence-corrected chi connectivity index (χ1v) is 6.14. The molecule has 1 aromatic carbocycles. The minimum Gasteiger partial charge on any atom is -0.436 e. The quantitative estimate of drug-likeness (QED) is 0.420. The van der Waals surface area contributed by atoms with Crippen LogP contribution in [0.1, 0.15) is 32.3 Å². The molecular formula is C14H19NO3. The second kappa shape index (κ2) is 7.48. The van der Waals surface area contributed by atoms with Crippen LogP contribution in [0.5, 0.6) is 0 Å². The zero-order valence-electron chi connectivity index (χ0n) is 10.8. The molecule has 1 rings (SSSR count). The van der Waals surface area contributed by atoms with Crippen molar-refractivity contribution in [3.8, 4) is 0 Å². The van der Waals surface area contributed by atoms with E-state index in [0.717, 1.165) is 12.0 Å². The standard InChI is InChI=1S/C14H19NO3/c1-3-12(2)9-10-14(15(16)17)18-11-13-7-5-4-6-8-13/h4-8,10,12H,3,9,11H2,1-2H3/t12-/m0/s1. The van der Waals surface area contributed by atoms with Gasteiger partial charge in [-0.3, -0.25) is 10.1 Å². The summed E-state index contributed by atoms with van der Waals surface area (Å²) >= 11 is 0. The zero-order valence-corrected chi connectivity index (χ0v) is 10.8. The van der Waals surface area contributed by atoms with Crippen molar-refractivity contribution in [2.24, 2.45) is 5.92 Å². The van der Waals surface area contributed by atoms with Gasteiger partial charge in [-0.05, 0) is 17.9 Å². The summed E-state index contributed by atoms with van der Waals surface area (Å²) in [6, 6.07) is 9.43. The van der Waals surface area contributed by atoms with Crippen molar-refractivity contribution in [2.45, 2.75) is 33.3 Å². The summed E-state index contributed by atoms with van der Waals surface area (Å²) in [5, 5.41) is 10.8. The molecule has 0 saturated heterocycles. The van der Waals surface area contributed by atoms with Gasteiger partial charge < -0.3 is 4.74 Å². The van der Waals surface area contributed by atoms with Gasteiger partial charge in [-0.2, -0.15) is 0 Å². The van der Waals surface area contributed by atoms with E-state index >= 15 is 0 Å². The predicted molar refractivity (Wildman–Crippen MR) is 70.4 cm³/mol. The van der Waals surface area contributed by atoms with Crippen LogP contribution in [-0.4, -0.2) is 4.92 Å².